The van der Waals surface area contributed by atoms with Crippen LogP contribution in [0.15, 0.2) is 30.5 Å². The number of aromatic nitrogens is 2. The number of piperidine rings is 1. The maximum Gasteiger partial charge on any atom is 0.433 e. The summed E-state index contributed by atoms with van der Waals surface area (Å²) in [6.07, 6.45) is -2.60. The Kier molecular flexibility index (Phi) is 4.95. The summed E-state index contributed by atoms with van der Waals surface area (Å²) in [5, 5.41) is 21.7. The first-order chi connectivity index (χ1) is 12.4. The maximum absolute atomic E-state index is 12.7. The first kappa shape index (κ1) is 17.9. The maximum atomic E-state index is 12.7. The molecule has 1 fully saturated rings. The lowest BCUT2D eigenvalue weighted by molar-refractivity contribution is -0.141. The number of nitrogens with one attached hydrogen (secondary N) is 1. The largest absolute Gasteiger partial charge is 0.433 e. The molecule has 1 aliphatic heterocycles. The second-order valence-corrected chi connectivity index (χ2v) is 5.95. The number of hydrogen-bond acceptors (Lipinski definition) is 6. The number of nitrogens with zero attached hydrogens (tertiary/aromatic N) is 4. The van der Waals surface area contributed by atoms with Crippen molar-refractivity contribution in [3.8, 4) is 6.07 Å². The summed E-state index contributed by atoms with van der Waals surface area (Å²) in [6.45, 7) is 1.28. The highest BCUT2D eigenvalue weighted by Gasteiger charge is 2.32. The van der Waals surface area contributed by atoms with Crippen LogP contribution in [0.1, 0.15) is 24.1 Å². The van der Waals surface area contributed by atoms with Gasteiger partial charge in [-0.1, -0.05) is 0 Å². The monoisotopic (exact) mass is 363 g/mol. The van der Waals surface area contributed by atoms with Crippen molar-refractivity contribution in [1.29, 1.82) is 5.26 Å². The molecule has 9 heteroatoms. The average Bonchev–Trinajstić information content (AvgIpc) is 2.62. The highest BCUT2D eigenvalue weighted by Crippen LogP contribution is 2.30. The molecular formula is C17H16F3N5O. The topological polar surface area (TPSA) is 85.1 Å². The van der Waals surface area contributed by atoms with Crippen molar-refractivity contribution < 1.29 is 18.3 Å². The molecule has 0 aliphatic carbocycles. The number of nitriles is 1. The molecule has 26 heavy (non-hydrogen) atoms. The number of alkyl halides is 3. The molecule has 0 amide bonds. The minimum Gasteiger partial charge on any atom is -0.393 e. The van der Waals surface area contributed by atoms with Crippen molar-refractivity contribution in [2.75, 3.05) is 23.3 Å². The van der Waals surface area contributed by atoms with Gasteiger partial charge in [0.15, 0.2) is 0 Å². The summed E-state index contributed by atoms with van der Waals surface area (Å²) in [5.74, 6) is -0.197. The smallest absolute Gasteiger partial charge is 0.393 e. The number of anilines is 3. The van der Waals surface area contributed by atoms with Crippen LogP contribution in [0.2, 0.25) is 0 Å². The molecule has 1 aliphatic rings. The van der Waals surface area contributed by atoms with Crippen molar-refractivity contribution in [2.45, 2.75) is 25.1 Å². The molecule has 1 saturated heterocycles. The van der Waals surface area contributed by atoms with E-state index in [0.29, 0.717) is 37.2 Å². The summed E-state index contributed by atoms with van der Waals surface area (Å²) >= 11 is 0. The van der Waals surface area contributed by atoms with E-state index in [1.807, 2.05) is 4.90 Å². The Balaban J connectivity index is 1.81. The molecule has 2 N–H and O–H groups in total. The van der Waals surface area contributed by atoms with E-state index in [0.717, 1.165) is 18.0 Å². The van der Waals surface area contributed by atoms with Crippen molar-refractivity contribution in [3.63, 3.8) is 0 Å². The number of aliphatic hydroxyl groups is 1. The van der Waals surface area contributed by atoms with Gasteiger partial charge < -0.3 is 15.3 Å². The summed E-state index contributed by atoms with van der Waals surface area (Å²) < 4.78 is 38.2. The van der Waals surface area contributed by atoms with Crippen molar-refractivity contribution in [3.05, 3.63) is 41.7 Å². The summed E-state index contributed by atoms with van der Waals surface area (Å²) in [7, 11) is 0. The molecule has 1 aromatic carbocycles. The molecule has 0 saturated carbocycles. The van der Waals surface area contributed by atoms with Crippen LogP contribution in [-0.4, -0.2) is 34.3 Å². The minimum atomic E-state index is -4.56. The van der Waals surface area contributed by atoms with Gasteiger partial charge in [0.1, 0.15) is 11.8 Å². The van der Waals surface area contributed by atoms with Crippen LogP contribution in [0.25, 0.3) is 0 Å². The molecule has 2 aromatic rings. The van der Waals surface area contributed by atoms with E-state index in [-0.39, 0.29) is 12.1 Å². The zero-order valence-electron chi connectivity index (χ0n) is 13.7. The number of halogens is 3. The highest BCUT2D eigenvalue weighted by atomic mass is 19.4. The van der Waals surface area contributed by atoms with Gasteiger partial charge in [-0.25, -0.2) is 9.97 Å². The zero-order valence-corrected chi connectivity index (χ0v) is 13.7. The molecule has 0 atom stereocenters. The Hall–Kier alpha value is -2.86. The molecular weight excluding hydrogens is 347 g/mol. The van der Waals surface area contributed by atoms with Crippen LogP contribution < -0.4 is 10.2 Å². The van der Waals surface area contributed by atoms with E-state index in [9.17, 15) is 23.5 Å². The summed E-state index contributed by atoms with van der Waals surface area (Å²) in [4.78, 5) is 9.24. The molecule has 0 unspecified atom stereocenters. The van der Waals surface area contributed by atoms with E-state index < -0.39 is 11.9 Å². The Morgan fingerprint density at radius 3 is 2.62 bits per heavy atom. The molecule has 136 valence electrons. The third-order valence-electron chi connectivity index (χ3n) is 4.12. The van der Waals surface area contributed by atoms with Gasteiger partial charge in [0.05, 0.1) is 17.4 Å². The predicted octanol–water partition coefficient (Wildman–Crippen LogP) is 3.07. The fourth-order valence-electron chi connectivity index (χ4n) is 2.79. The fraction of sp³-hybridized carbons (Fsp3) is 0.353. The number of hydrogen-bond donors (Lipinski definition) is 2. The molecule has 2 heterocycles. The molecule has 0 radical (unpaired) electrons. The quantitative estimate of drug-likeness (QED) is 0.872. The van der Waals surface area contributed by atoms with Gasteiger partial charge in [0.2, 0.25) is 5.95 Å². The standard InChI is InChI=1S/C17H16F3N5O/c18-17(19,20)15-3-6-22-16(24-15)23-12-1-2-14(11(9-12)10-21)25-7-4-13(26)5-8-25/h1-3,6,9,13,26H,4-5,7-8H2,(H,22,23,24). The van der Waals surface area contributed by atoms with Gasteiger partial charge in [0, 0.05) is 25.0 Å². The van der Waals surface area contributed by atoms with Crippen LogP contribution in [0.3, 0.4) is 0 Å². The third kappa shape index (κ3) is 4.03. The Bertz CT molecular complexity index is 826. The summed E-state index contributed by atoms with van der Waals surface area (Å²) in [5.41, 5.74) is 0.494. The van der Waals surface area contributed by atoms with Crippen molar-refractivity contribution >= 4 is 17.3 Å². The van der Waals surface area contributed by atoms with Crippen LogP contribution in [0, 0.1) is 11.3 Å². The SMILES string of the molecule is N#Cc1cc(Nc2nccc(C(F)(F)F)n2)ccc1N1CCC(O)CC1. The predicted molar refractivity (Wildman–Crippen MR) is 88.9 cm³/mol. The Labute approximate surface area is 147 Å². The van der Waals surface area contributed by atoms with Crippen LogP contribution >= 0.6 is 0 Å². The Morgan fingerprint density at radius 1 is 1.23 bits per heavy atom. The van der Waals surface area contributed by atoms with Crippen molar-refractivity contribution in [2.24, 2.45) is 0 Å². The van der Waals surface area contributed by atoms with Crippen LogP contribution in [0.4, 0.5) is 30.5 Å². The second kappa shape index (κ2) is 7.17. The third-order valence-corrected chi connectivity index (χ3v) is 4.12. The van der Waals surface area contributed by atoms with Gasteiger partial charge in [-0.3, -0.25) is 0 Å². The van der Waals surface area contributed by atoms with Crippen molar-refractivity contribution in [1.82, 2.24) is 9.97 Å². The normalized spacial score (nSPS) is 15.6. The van der Waals surface area contributed by atoms with Gasteiger partial charge in [-0.15, -0.1) is 0 Å². The molecule has 0 bridgehead atoms. The highest BCUT2D eigenvalue weighted by molar-refractivity contribution is 5.67. The second-order valence-electron chi connectivity index (χ2n) is 5.95. The lowest BCUT2D eigenvalue weighted by Crippen LogP contribution is -2.36. The van der Waals surface area contributed by atoms with Gasteiger partial charge >= 0.3 is 6.18 Å². The molecule has 1 aromatic heterocycles. The van der Waals surface area contributed by atoms with Crippen LogP contribution in [-0.2, 0) is 6.18 Å². The van der Waals surface area contributed by atoms with E-state index in [2.05, 4.69) is 21.4 Å². The number of benzene rings is 1. The zero-order chi connectivity index (χ0) is 18.7. The Morgan fingerprint density at radius 2 is 1.96 bits per heavy atom. The first-order valence-electron chi connectivity index (χ1n) is 8.01. The fourth-order valence-corrected chi connectivity index (χ4v) is 2.79. The van der Waals surface area contributed by atoms with Gasteiger partial charge in [0.25, 0.3) is 0 Å². The lowest BCUT2D eigenvalue weighted by Gasteiger charge is -2.32. The lowest BCUT2D eigenvalue weighted by atomic mass is 10.1. The van der Waals surface area contributed by atoms with E-state index in [4.69, 9.17) is 0 Å². The number of aliphatic hydroxyl groups excluding tert-OH is 1. The minimum absolute atomic E-state index is 0.197. The summed E-state index contributed by atoms with van der Waals surface area (Å²) in [6, 6.07) is 7.82. The molecule has 0 spiro atoms. The van der Waals surface area contributed by atoms with E-state index in [1.54, 1.807) is 18.2 Å². The number of rotatable bonds is 3. The van der Waals surface area contributed by atoms with Gasteiger partial charge in [-0.05, 0) is 37.1 Å². The van der Waals surface area contributed by atoms with Gasteiger partial charge in [-0.2, -0.15) is 18.4 Å². The average molecular weight is 363 g/mol. The first-order valence-corrected chi connectivity index (χ1v) is 8.01. The van der Waals surface area contributed by atoms with Crippen LogP contribution in [0.5, 0.6) is 0 Å². The van der Waals surface area contributed by atoms with E-state index in [1.165, 1.54) is 0 Å². The van der Waals surface area contributed by atoms with E-state index >= 15 is 0 Å². The molecule has 3 rings (SSSR count). The molecule has 6 nitrogen and oxygen atoms in total.